The number of rotatable bonds is 5. The molecule has 1 amide bonds. The van der Waals surface area contributed by atoms with E-state index in [0.29, 0.717) is 25.7 Å². The van der Waals surface area contributed by atoms with Gasteiger partial charge in [-0.2, -0.15) is 0 Å². The summed E-state index contributed by atoms with van der Waals surface area (Å²) in [7, 11) is -0.987. The number of nitrogens with one attached hydrogen (secondary N) is 1. The van der Waals surface area contributed by atoms with Crippen LogP contribution in [0.5, 0.6) is 0 Å². The minimum absolute atomic E-state index is 0.0830. The Morgan fingerprint density at radius 3 is 2.35 bits per heavy atom. The van der Waals surface area contributed by atoms with Gasteiger partial charge in [0.1, 0.15) is 16.2 Å². The molecule has 23 heavy (non-hydrogen) atoms. The normalized spacial score (nSPS) is 17.4. The molecule has 1 aliphatic carbocycles. The molecule has 0 aromatic carbocycles. The van der Waals surface area contributed by atoms with Gasteiger partial charge in [0.05, 0.1) is 0 Å². The molecule has 9 heteroatoms. The van der Waals surface area contributed by atoms with Crippen LogP contribution in [0.15, 0.2) is 15.4 Å². The van der Waals surface area contributed by atoms with Crippen LogP contribution in [0.4, 0.5) is 0 Å². The van der Waals surface area contributed by atoms with Crippen molar-refractivity contribution in [1.29, 1.82) is 0 Å². The lowest BCUT2D eigenvalue weighted by atomic mass is 9.98. The van der Waals surface area contributed by atoms with E-state index in [0.717, 1.165) is 10.4 Å². The fourth-order valence-corrected chi connectivity index (χ4v) is 3.73. The molecule has 0 unspecified atom stereocenters. The molecule has 1 heterocycles. The zero-order chi connectivity index (χ0) is 17.4. The molecule has 1 fully saturated rings. The third-order valence-electron chi connectivity index (χ3n) is 4.07. The van der Waals surface area contributed by atoms with Crippen LogP contribution in [0.1, 0.15) is 42.0 Å². The fourth-order valence-electron chi connectivity index (χ4n) is 2.68. The Morgan fingerprint density at radius 2 is 1.87 bits per heavy atom. The first-order valence-corrected chi connectivity index (χ1v) is 8.63. The molecular weight excluding hydrogens is 324 g/mol. The van der Waals surface area contributed by atoms with Crippen LogP contribution in [0.2, 0.25) is 0 Å². The largest absolute Gasteiger partial charge is 0.480 e. The topological polar surface area (TPSA) is 117 Å². The van der Waals surface area contributed by atoms with E-state index >= 15 is 0 Å². The van der Waals surface area contributed by atoms with Gasteiger partial charge < -0.3 is 14.8 Å². The number of aryl methyl sites for hydroxylation is 1. The van der Waals surface area contributed by atoms with E-state index in [1.54, 1.807) is 0 Å². The zero-order valence-corrected chi connectivity index (χ0v) is 14.1. The van der Waals surface area contributed by atoms with E-state index in [1.807, 2.05) is 0 Å². The summed E-state index contributed by atoms with van der Waals surface area (Å²) in [4.78, 5) is 23.7. The first-order chi connectivity index (χ1) is 10.6. The van der Waals surface area contributed by atoms with Crippen molar-refractivity contribution in [3.8, 4) is 0 Å². The summed E-state index contributed by atoms with van der Waals surface area (Å²) in [6.07, 6.45) is 2.11. The standard InChI is InChI=1S/C14H20N2O6S/c1-9-11(23(20,21)16(2)3)8-10(22-9)12(17)15-14(13(18)19)6-4-5-7-14/h8H,4-7H2,1-3H3,(H,15,17)(H,18,19). The predicted octanol–water partition coefficient (Wildman–Crippen LogP) is 0.966. The summed E-state index contributed by atoms with van der Waals surface area (Å²) in [5.41, 5.74) is -1.31. The average molecular weight is 344 g/mol. The molecule has 1 aliphatic rings. The predicted molar refractivity (Wildman–Crippen MR) is 80.6 cm³/mol. The third kappa shape index (κ3) is 3.11. The summed E-state index contributed by atoms with van der Waals surface area (Å²) in [6, 6.07) is 1.13. The smallest absolute Gasteiger partial charge is 0.329 e. The van der Waals surface area contributed by atoms with Crippen molar-refractivity contribution < 1.29 is 27.5 Å². The maximum Gasteiger partial charge on any atom is 0.329 e. The van der Waals surface area contributed by atoms with Gasteiger partial charge in [0.25, 0.3) is 5.91 Å². The SMILES string of the molecule is Cc1oc(C(=O)NC2(C(=O)O)CCCC2)cc1S(=O)(=O)N(C)C. The Kier molecular flexibility index (Phi) is 4.54. The van der Waals surface area contributed by atoms with E-state index < -0.39 is 27.4 Å². The summed E-state index contributed by atoms with van der Waals surface area (Å²) < 4.78 is 30.5. The number of amides is 1. The second-order valence-corrected chi connectivity index (χ2v) is 7.99. The van der Waals surface area contributed by atoms with Gasteiger partial charge in [0.15, 0.2) is 5.76 Å². The average Bonchev–Trinajstić information content (AvgIpc) is 3.06. The molecule has 0 radical (unpaired) electrons. The van der Waals surface area contributed by atoms with Gasteiger partial charge >= 0.3 is 5.97 Å². The number of nitrogens with zero attached hydrogens (tertiary/aromatic N) is 1. The van der Waals surface area contributed by atoms with Gasteiger partial charge in [-0.15, -0.1) is 0 Å². The quantitative estimate of drug-likeness (QED) is 0.822. The van der Waals surface area contributed by atoms with Gasteiger partial charge in [0.2, 0.25) is 10.0 Å². The van der Waals surface area contributed by atoms with Crippen LogP contribution in [0.3, 0.4) is 0 Å². The molecule has 0 spiro atoms. The van der Waals surface area contributed by atoms with Crippen LogP contribution in [0, 0.1) is 6.92 Å². The maximum atomic E-state index is 12.3. The summed E-state index contributed by atoms with van der Waals surface area (Å²) in [5.74, 6) is -1.94. The van der Waals surface area contributed by atoms with Crippen molar-refractivity contribution in [2.24, 2.45) is 0 Å². The number of carboxylic acid groups (broad SMARTS) is 1. The molecule has 8 nitrogen and oxygen atoms in total. The van der Waals surface area contributed by atoms with Crippen LogP contribution < -0.4 is 5.32 Å². The molecule has 0 aliphatic heterocycles. The van der Waals surface area contributed by atoms with Crippen molar-refractivity contribution in [1.82, 2.24) is 9.62 Å². The molecule has 2 rings (SSSR count). The Hall–Kier alpha value is -1.87. The van der Waals surface area contributed by atoms with Crippen LogP contribution in [-0.2, 0) is 14.8 Å². The molecule has 0 saturated heterocycles. The highest BCUT2D eigenvalue weighted by Gasteiger charge is 2.43. The first kappa shape index (κ1) is 17.5. The Morgan fingerprint density at radius 1 is 1.30 bits per heavy atom. The molecule has 2 N–H and O–H groups in total. The number of hydrogen-bond donors (Lipinski definition) is 2. The van der Waals surface area contributed by atoms with E-state index in [1.165, 1.54) is 21.0 Å². The van der Waals surface area contributed by atoms with Gasteiger partial charge in [-0.1, -0.05) is 12.8 Å². The van der Waals surface area contributed by atoms with Crippen molar-refractivity contribution in [2.45, 2.75) is 43.0 Å². The van der Waals surface area contributed by atoms with E-state index in [-0.39, 0.29) is 16.4 Å². The lowest BCUT2D eigenvalue weighted by Gasteiger charge is -2.24. The Bertz CT molecular complexity index is 728. The van der Waals surface area contributed by atoms with E-state index in [9.17, 15) is 23.1 Å². The number of hydrogen-bond acceptors (Lipinski definition) is 5. The molecule has 128 valence electrons. The van der Waals surface area contributed by atoms with Crippen LogP contribution >= 0.6 is 0 Å². The monoisotopic (exact) mass is 344 g/mol. The summed E-state index contributed by atoms with van der Waals surface area (Å²) in [6.45, 7) is 1.44. The molecule has 1 aromatic rings. The number of carbonyl (C=O) groups is 2. The van der Waals surface area contributed by atoms with Gasteiger partial charge in [-0.25, -0.2) is 17.5 Å². The highest BCUT2D eigenvalue weighted by atomic mass is 32.2. The van der Waals surface area contributed by atoms with E-state index in [4.69, 9.17) is 4.42 Å². The summed E-state index contributed by atoms with van der Waals surface area (Å²) >= 11 is 0. The molecule has 0 bridgehead atoms. The van der Waals surface area contributed by atoms with Gasteiger partial charge in [-0.05, 0) is 19.8 Å². The van der Waals surface area contributed by atoms with Crippen molar-refractivity contribution in [3.63, 3.8) is 0 Å². The van der Waals surface area contributed by atoms with Crippen LogP contribution in [0.25, 0.3) is 0 Å². The third-order valence-corrected chi connectivity index (χ3v) is 6.00. The first-order valence-electron chi connectivity index (χ1n) is 7.19. The zero-order valence-electron chi connectivity index (χ0n) is 13.2. The highest BCUT2D eigenvalue weighted by molar-refractivity contribution is 7.89. The van der Waals surface area contributed by atoms with Gasteiger partial charge in [0, 0.05) is 20.2 Å². The number of carboxylic acids is 1. The fraction of sp³-hybridized carbons (Fsp3) is 0.571. The molecule has 0 atom stereocenters. The number of sulfonamides is 1. The molecular formula is C14H20N2O6S. The second kappa shape index (κ2) is 5.97. The van der Waals surface area contributed by atoms with Crippen molar-refractivity contribution in [2.75, 3.05) is 14.1 Å². The maximum absolute atomic E-state index is 12.3. The minimum atomic E-state index is -3.74. The number of aliphatic carboxylic acids is 1. The molecule has 1 aromatic heterocycles. The minimum Gasteiger partial charge on any atom is -0.480 e. The van der Waals surface area contributed by atoms with Crippen molar-refractivity contribution in [3.05, 3.63) is 17.6 Å². The Labute approximate surface area is 134 Å². The lowest BCUT2D eigenvalue weighted by molar-refractivity contribution is -0.144. The second-order valence-electron chi connectivity index (χ2n) is 5.87. The number of carbonyl (C=O) groups excluding carboxylic acids is 1. The summed E-state index contributed by atoms with van der Waals surface area (Å²) in [5, 5.41) is 11.9. The lowest BCUT2D eigenvalue weighted by Crippen LogP contribution is -2.52. The number of furan rings is 1. The highest BCUT2D eigenvalue weighted by Crippen LogP contribution is 2.31. The van der Waals surface area contributed by atoms with Crippen molar-refractivity contribution >= 4 is 21.9 Å². The van der Waals surface area contributed by atoms with Gasteiger partial charge in [-0.3, -0.25) is 4.79 Å². The van der Waals surface area contributed by atoms with E-state index in [2.05, 4.69) is 5.32 Å². The molecule has 1 saturated carbocycles. The Balaban J connectivity index is 2.30. The van der Waals surface area contributed by atoms with Crippen LogP contribution in [-0.4, -0.2) is 49.3 Å².